The summed E-state index contributed by atoms with van der Waals surface area (Å²) in [6.45, 7) is 2.82. The topological polar surface area (TPSA) is 12.0 Å². The van der Waals surface area contributed by atoms with E-state index in [0.29, 0.717) is 10.0 Å². The van der Waals surface area contributed by atoms with Gasteiger partial charge in [0.05, 0.1) is 26.0 Å². The van der Waals surface area contributed by atoms with E-state index in [1.807, 2.05) is 13.0 Å². The van der Waals surface area contributed by atoms with Gasteiger partial charge in [0.15, 0.2) is 0 Å². The van der Waals surface area contributed by atoms with Gasteiger partial charge in [0.1, 0.15) is 0 Å². The number of halogens is 2. The van der Waals surface area contributed by atoms with Gasteiger partial charge < -0.3 is 5.32 Å². The van der Waals surface area contributed by atoms with Crippen LogP contribution in [0.2, 0.25) is 10.0 Å². The van der Waals surface area contributed by atoms with Gasteiger partial charge in [-0.1, -0.05) is 29.3 Å². The van der Waals surface area contributed by atoms with Crippen LogP contribution in [-0.2, 0) is 0 Å². The second-order valence-electron chi connectivity index (χ2n) is 2.31. The molecule has 1 N–H and O–H groups in total. The zero-order valence-electron chi connectivity index (χ0n) is 6.62. The maximum atomic E-state index is 5.95. The first-order valence-electron chi connectivity index (χ1n) is 3.60. The number of hydrogen-bond acceptors (Lipinski definition) is 1. The van der Waals surface area contributed by atoms with E-state index in [1.165, 1.54) is 0 Å². The van der Waals surface area contributed by atoms with Crippen molar-refractivity contribution < 1.29 is 0 Å². The lowest BCUT2D eigenvalue weighted by atomic mass is 10.3. The van der Waals surface area contributed by atoms with Crippen LogP contribution >= 0.6 is 23.2 Å². The van der Waals surface area contributed by atoms with E-state index in [-0.39, 0.29) is 0 Å². The summed E-state index contributed by atoms with van der Waals surface area (Å²) in [5.74, 6) is 0. The Morgan fingerprint density at radius 1 is 1.42 bits per heavy atom. The van der Waals surface area contributed by atoms with E-state index in [9.17, 15) is 0 Å². The average molecular weight is 217 g/mol. The molecule has 0 aliphatic heterocycles. The Balaban J connectivity index is 3.14. The zero-order chi connectivity index (χ0) is 9.14. The molecule has 0 atom stereocenters. The van der Waals surface area contributed by atoms with Crippen LogP contribution in [0, 0.1) is 0 Å². The molecule has 1 aromatic rings. The predicted molar refractivity (Wildman–Crippen MR) is 56.0 cm³/mol. The molecule has 3 radical (unpaired) electrons. The fourth-order valence-electron chi connectivity index (χ4n) is 0.900. The normalized spacial score (nSPS) is 10.0. The first-order chi connectivity index (χ1) is 5.66. The molecule has 0 spiro atoms. The number of nitrogens with one attached hydrogen (secondary N) is 1. The van der Waals surface area contributed by atoms with E-state index in [0.717, 1.165) is 17.4 Å². The Kier molecular flexibility index (Phi) is 3.44. The molecule has 0 saturated heterocycles. The van der Waals surface area contributed by atoms with Crippen LogP contribution in [0.3, 0.4) is 0 Å². The first-order valence-corrected chi connectivity index (χ1v) is 4.86. The highest BCUT2D eigenvalue weighted by atomic mass is 35.5. The molecule has 0 amide bonds. The lowest BCUT2D eigenvalue weighted by molar-refractivity contribution is 1.22. The summed E-state index contributed by atoms with van der Waals surface area (Å²) in [7, 11) is 3.43. The monoisotopic (exact) mass is 216 g/mol. The summed E-state index contributed by atoms with van der Waals surface area (Å²) in [5, 5.41) is 5.17. The van der Waals surface area contributed by atoms with Crippen molar-refractivity contribution >= 4 is 44.3 Å². The molecule has 12 heavy (non-hydrogen) atoms. The van der Waals surface area contributed by atoms with Gasteiger partial charge in [-0.3, -0.25) is 0 Å². The molecule has 0 aromatic heterocycles. The molecule has 0 heterocycles. The van der Waals surface area contributed by atoms with E-state index in [4.69, 9.17) is 23.2 Å². The Morgan fingerprint density at radius 2 is 2.08 bits per heavy atom. The van der Waals surface area contributed by atoms with Gasteiger partial charge in [-0.15, -0.1) is 0 Å². The smallest absolute Gasteiger partial charge is 0.0822 e. The molecule has 0 bridgehead atoms. The van der Waals surface area contributed by atoms with Crippen LogP contribution < -0.4 is 10.5 Å². The average Bonchev–Trinajstić information content (AvgIpc) is 2.06. The van der Waals surface area contributed by atoms with Gasteiger partial charge in [-0.25, -0.2) is 0 Å². The van der Waals surface area contributed by atoms with Gasteiger partial charge in [0, 0.05) is 6.54 Å². The van der Waals surface area contributed by atoms with Crippen LogP contribution in [0.25, 0.3) is 0 Å². The highest BCUT2D eigenvalue weighted by Crippen LogP contribution is 2.27. The quantitative estimate of drug-likeness (QED) is 0.749. The van der Waals surface area contributed by atoms with Crippen molar-refractivity contribution in [3.05, 3.63) is 22.2 Å². The van der Waals surface area contributed by atoms with E-state index in [1.54, 1.807) is 6.07 Å². The van der Waals surface area contributed by atoms with E-state index < -0.39 is 0 Å². The molecule has 0 aliphatic rings. The maximum absolute atomic E-state index is 5.95. The lowest BCUT2D eigenvalue weighted by Gasteiger charge is -2.10. The predicted octanol–water partition coefficient (Wildman–Crippen LogP) is 2.22. The Morgan fingerprint density at radius 3 is 2.67 bits per heavy atom. The van der Waals surface area contributed by atoms with Crippen LogP contribution in [0.5, 0.6) is 0 Å². The van der Waals surface area contributed by atoms with Gasteiger partial charge in [-0.05, 0) is 18.2 Å². The number of benzene rings is 1. The summed E-state index contributed by atoms with van der Waals surface area (Å²) in [6.07, 6.45) is 0. The summed E-state index contributed by atoms with van der Waals surface area (Å²) < 4.78 is 0. The van der Waals surface area contributed by atoms with Crippen molar-refractivity contribution in [1.82, 2.24) is 0 Å². The highest BCUT2D eigenvalue weighted by molar-refractivity contribution is 6.47. The molecule has 63 valence electrons. The SMILES string of the molecule is CCNc1c([Si])ccc(Cl)c1Cl. The third kappa shape index (κ3) is 1.94. The summed E-state index contributed by atoms with van der Waals surface area (Å²) in [5.41, 5.74) is 0.850. The van der Waals surface area contributed by atoms with Crippen LogP contribution in [0.4, 0.5) is 5.69 Å². The molecule has 0 saturated carbocycles. The van der Waals surface area contributed by atoms with Gasteiger partial charge >= 0.3 is 0 Å². The Hall–Kier alpha value is -0.183. The van der Waals surface area contributed by atoms with Crippen molar-refractivity contribution in [3.63, 3.8) is 0 Å². The third-order valence-corrected chi connectivity index (χ3v) is 2.67. The molecular weight excluding hydrogens is 209 g/mol. The van der Waals surface area contributed by atoms with E-state index in [2.05, 4.69) is 15.6 Å². The molecule has 4 heteroatoms. The summed E-state index contributed by atoms with van der Waals surface area (Å²) >= 11 is 11.8. The van der Waals surface area contributed by atoms with E-state index >= 15 is 0 Å². The summed E-state index contributed by atoms with van der Waals surface area (Å²) in [4.78, 5) is 0. The molecule has 0 aliphatic carbocycles. The van der Waals surface area contributed by atoms with Crippen molar-refractivity contribution in [2.45, 2.75) is 6.92 Å². The Labute approximate surface area is 85.5 Å². The second kappa shape index (κ2) is 4.17. The van der Waals surface area contributed by atoms with Crippen LogP contribution in [0.15, 0.2) is 12.1 Å². The first kappa shape index (κ1) is 9.90. The van der Waals surface area contributed by atoms with Crippen molar-refractivity contribution in [2.75, 3.05) is 11.9 Å². The number of hydrogen-bond donors (Lipinski definition) is 1. The third-order valence-electron chi connectivity index (χ3n) is 1.45. The number of rotatable bonds is 2. The zero-order valence-corrected chi connectivity index (χ0v) is 9.13. The van der Waals surface area contributed by atoms with Crippen LogP contribution in [-0.4, -0.2) is 16.8 Å². The summed E-state index contributed by atoms with van der Waals surface area (Å²) in [6, 6.07) is 3.62. The van der Waals surface area contributed by atoms with Gasteiger partial charge in [-0.2, -0.15) is 0 Å². The fraction of sp³-hybridized carbons (Fsp3) is 0.250. The number of anilines is 1. The molecule has 0 fully saturated rings. The van der Waals surface area contributed by atoms with Crippen molar-refractivity contribution in [3.8, 4) is 0 Å². The standard InChI is InChI=1S/C8H8Cl2NSi/c1-2-11-8-6(12)4-3-5(9)7(8)10/h3-4,11H,2H2,1H3. The van der Waals surface area contributed by atoms with Crippen molar-refractivity contribution in [1.29, 1.82) is 0 Å². The maximum Gasteiger partial charge on any atom is 0.0822 e. The van der Waals surface area contributed by atoms with Crippen molar-refractivity contribution in [2.24, 2.45) is 0 Å². The van der Waals surface area contributed by atoms with Gasteiger partial charge in [0.2, 0.25) is 0 Å². The lowest BCUT2D eigenvalue weighted by Crippen LogP contribution is -2.12. The highest BCUT2D eigenvalue weighted by Gasteiger charge is 2.05. The minimum absolute atomic E-state index is 0.561. The second-order valence-corrected chi connectivity index (χ2v) is 3.64. The van der Waals surface area contributed by atoms with Gasteiger partial charge in [0.25, 0.3) is 0 Å². The molecule has 1 nitrogen and oxygen atoms in total. The van der Waals surface area contributed by atoms with Crippen LogP contribution in [0.1, 0.15) is 6.92 Å². The Bertz CT molecular complexity index is 289. The molecular formula is C8H8Cl2NSi. The largest absolute Gasteiger partial charge is 0.384 e. The minimum Gasteiger partial charge on any atom is -0.384 e. The molecule has 1 rings (SSSR count). The molecule has 0 unspecified atom stereocenters. The fourth-order valence-corrected chi connectivity index (χ4v) is 1.67. The molecule has 1 aromatic carbocycles. The minimum atomic E-state index is 0.561.